The van der Waals surface area contributed by atoms with Crippen LogP contribution >= 0.6 is 0 Å². The van der Waals surface area contributed by atoms with Crippen molar-refractivity contribution in [3.63, 3.8) is 0 Å². The van der Waals surface area contributed by atoms with E-state index in [1.54, 1.807) is 6.07 Å². The average Bonchev–Trinajstić information content (AvgIpc) is 2.56. The number of aromatic amines is 2. The lowest BCUT2D eigenvalue weighted by Crippen LogP contribution is -2.30. The Morgan fingerprint density at radius 2 is 2.06 bits per heavy atom. The van der Waals surface area contributed by atoms with Crippen LogP contribution in [0.4, 0.5) is 0 Å². The summed E-state index contributed by atoms with van der Waals surface area (Å²) in [7, 11) is 0. The second-order valence-electron chi connectivity index (χ2n) is 4.49. The van der Waals surface area contributed by atoms with Crippen molar-refractivity contribution in [1.29, 1.82) is 0 Å². The molecular formula is C11H15N3O2. The molecule has 16 heavy (non-hydrogen) atoms. The lowest BCUT2D eigenvalue weighted by Gasteiger charge is -2.07. The second-order valence-corrected chi connectivity index (χ2v) is 4.49. The molecule has 2 aromatic rings. The van der Waals surface area contributed by atoms with E-state index in [0.29, 0.717) is 23.4 Å². The van der Waals surface area contributed by atoms with E-state index < -0.39 is 0 Å². The third-order valence-corrected chi connectivity index (χ3v) is 2.44. The zero-order chi connectivity index (χ0) is 11.9. The van der Waals surface area contributed by atoms with Crippen LogP contribution in [0, 0.1) is 12.8 Å². The first-order chi connectivity index (χ1) is 7.49. The minimum Gasteiger partial charge on any atom is -0.354 e. The smallest absolute Gasteiger partial charge is 0.287 e. The normalized spacial score (nSPS) is 11.5. The highest BCUT2D eigenvalue weighted by Crippen LogP contribution is 2.05. The molecule has 0 aromatic carbocycles. The number of hydrogen-bond acceptors (Lipinski definition) is 2. The Morgan fingerprint density at radius 3 is 2.69 bits per heavy atom. The maximum atomic E-state index is 12.0. The molecule has 5 heteroatoms. The van der Waals surface area contributed by atoms with Gasteiger partial charge in [-0.2, -0.15) is 0 Å². The number of aromatic nitrogens is 3. The summed E-state index contributed by atoms with van der Waals surface area (Å²) in [6.45, 7) is 6.34. The van der Waals surface area contributed by atoms with Crippen molar-refractivity contribution in [2.45, 2.75) is 27.3 Å². The fourth-order valence-electron chi connectivity index (χ4n) is 1.81. The predicted octanol–water partition coefficient (Wildman–Crippen LogP) is 0.982. The predicted molar refractivity (Wildman–Crippen MR) is 62.8 cm³/mol. The number of aryl methyl sites for hydroxylation is 1. The summed E-state index contributed by atoms with van der Waals surface area (Å²) in [6.07, 6.45) is 0. The molecule has 0 saturated carbocycles. The van der Waals surface area contributed by atoms with Crippen LogP contribution in [-0.4, -0.2) is 14.8 Å². The van der Waals surface area contributed by atoms with Crippen molar-refractivity contribution in [3.05, 3.63) is 32.5 Å². The third-order valence-electron chi connectivity index (χ3n) is 2.44. The van der Waals surface area contributed by atoms with Crippen LogP contribution in [-0.2, 0) is 6.54 Å². The average molecular weight is 221 g/mol. The molecule has 0 aliphatic heterocycles. The summed E-state index contributed by atoms with van der Waals surface area (Å²) in [5.41, 5.74) is 0.790. The van der Waals surface area contributed by atoms with E-state index in [0.717, 1.165) is 5.69 Å². The topological polar surface area (TPSA) is 70.7 Å². The lowest BCUT2D eigenvalue weighted by molar-refractivity contribution is 0.463. The Bertz CT molecular complexity index is 631. The second kappa shape index (κ2) is 3.66. The van der Waals surface area contributed by atoms with Gasteiger partial charge in [0.1, 0.15) is 5.52 Å². The van der Waals surface area contributed by atoms with Gasteiger partial charge >= 0.3 is 0 Å². The van der Waals surface area contributed by atoms with Gasteiger partial charge in [-0.05, 0) is 18.9 Å². The van der Waals surface area contributed by atoms with Gasteiger partial charge in [0.2, 0.25) is 0 Å². The van der Waals surface area contributed by atoms with Gasteiger partial charge in [-0.25, -0.2) is 4.68 Å². The monoisotopic (exact) mass is 221 g/mol. The molecule has 2 rings (SSSR count). The minimum absolute atomic E-state index is 0.146. The van der Waals surface area contributed by atoms with Gasteiger partial charge in [-0.3, -0.25) is 14.7 Å². The fourth-order valence-corrected chi connectivity index (χ4v) is 1.81. The molecule has 0 aliphatic rings. The van der Waals surface area contributed by atoms with Crippen LogP contribution in [0.2, 0.25) is 0 Å². The summed E-state index contributed by atoms with van der Waals surface area (Å²) in [5, 5.41) is 3.04. The van der Waals surface area contributed by atoms with Crippen molar-refractivity contribution in [2.24, 2.45) is 5.92 Å². The number of rotatable bonds is 2. The molecule has 0 aliphatic carbocycles. The molecule has 0 atom stereocenters. The van der Waals surface area contributed by atoms with Crippen molar-refractivity contribution < 1.29 is 0 Å². The molecule has 0 radical (unpaired) electrons. The van der Waals surface area contributed by atoms with E-state index >= 15 is 0 Å². The number of hydrogen-bond donors (Lipinski definition) is 2. The Kier molecular flexibility index (Phi) is 2.46. The largest absolute Gasteiger partial charge is 0.354 e. The summed E-state index contributed by atoms with van der Waals surface area (Å²) in [6, 6.07) is 1.71. The molecule has 2 aromatic heterocycles. The van der Waals surface area contributed by atoms with Crippen molar-refractivity contribution in [2.75, 3.05) is 0 Å². The first-order valence-corrected chi connectivity index (χ1v) is 5.31. The van der Waals surface area contributed by atoms with Crippen LogP contribution in [0.25, 0.3) is 10.9 Å². The quantitative estimate of drug-likeness (QED) is 0.793. The Hall–Kier alpha value is -1.78. The van der Waals surface area contributed by atoms with Crippen LogP contribution in [0.5, 0.6) is 0 Å². The molecule has 0 amide bonds. The van der Waals surface area contributed by atoms with E-state index in [1.165, 1.54) is 4.68 Å². The lowest BCUT2D eigenvalue weighted by atomic mass is 10.2. The van der Waals surface area contributed by atoms with Gasteiger partial charge < -0.3 is 4.98 Å². The standard InChI is InChI=1S/C11H15N3O2/c1-6(2)5-14-11(16)8-4-7(3)12-9(8)10(15)13-14/h4,6,12H,5H2,1-3H3,(H,13,15). The van der Waals surface area contributed by atoms with E-state index in [9.17, 15) is 9.59 Å². The van der Waals surface area contributed by atoms with Crippen molar-refractivity contribution in [1.82, 2.24) is 14.8 Å². The first kappa shape index (κ1) is 10.7. The SMILES string of the molecule is Cc1cc2c(=O)n(CC(C)C)[nH]c(=O)c2[nH]1. The Balaban J connectivity index is 2.75. The van der Waals surface area contributed by atoms with E-state index in [2.05, 4.69) is 10.1 Å². The van der Waals surface area contributed by atoms with Gasteiger partial charge in [-0.15, -0.1) is 0 Å². The van der Waals surface area contributed by atoms with Gasteiger partial charge in [0, 0.05) is 12.2 Å². The molecule has 0 fully saturated rings. The van der Waals surface area contributed by atoms with E-state index in [1.807, 2.05) is 20.8 Å². The van der Waals surface area contributed by atoms with Gasteiger partial charge in [0.15, 0.2) is 0 Å². The number of fused-ring (bicyclic) bond motifs is 1. The van der Waals surface area contributed by atoms with Gasteiger partial charge in [0.25, 0.3) is 11.1 Å². The molecule has 5 nitrogen and oxygen atoms in total. The molecule has 0 unspecified atom stereocenters. The maximum Gasteiger partial charge on any atom is 0.287 e. The highest BCUT2D eigenvalue weighted by atomic mass is 16.2. The van der Waals surface area contributed by atoms with Crippen molar-refractivity contribution in [3.8, 4) is 0 Å². The van der Waals surface area contributed by atoms with Crippen LogP contribution < -0.4 is 11.1 Å². The fraction of sp³-hybridized carbons (Fsp3) is 0.455. The zero-order valence-electron chi connectivity index (χ0n) is 9.63. The highest BCUT2D eigenvalue weighted by Gasteiger charge is 2.10. The van der Waals surface area contributed by atoms with Gasteiger partial charge in [-0.1, -0.05) is 13.8 Å². The molecule has 0 saturated heterocycles. The van der Waals surface area contributed by atoms with Crippen LogP contribution in [0.1, 0.15) is 19.5 Å². The summed E-state index contributed by atoms with van der Waals surface area (Å²) < 4.78 is 1.38. The van der Waals surface area contributed by atoms with E-state index in [4.69, 9.17) is 0 Å². The number of nitrogens with zero attached hydrogens (tertiary/aromatic N) is 1. The third kappa shape index (κ3) is 1.68. The first-order valence-electron chi connectivity index (χ1n) is 5.31. The Labute approximate surface area is 92.1 Å². The molecule has 86 valence electrons. The Morgan fingerprint density at radius 1 is 1.38 bits per heavy atom. The van der Waals surface area contributed by atoms with Gasteiger partial charge in [0.05, 0.1) is 5.39 Å². The van der Waals surface area contributed by atoms with Crippen molar-refractivity contribution >= 4 is 10.9 Å². The summed E-state index contributed by atoms with van der Waals surface area (Å²) in [4.78, 5) is 26.6. The minimum atomic E-state index is -0.247. The molecule has 2 heterocycles. The summed E-state index contributed by atoms with van der Waals surface area (Å²) in [5.74, 6) is 0.311. The number of H-pyrrole nitrogens is 2. The molecule has 0 bridgehead atoms. The van der Waals surface area contributed by atoms with Crippen LogP contribution in [0.15, 0.2) is 15.7 Å². The molecule has 2 N–H and O–H groups in total. The summed E-state index contributed by atoms with van der Waals surface area (Å²) >= 11 is 0. The molecular weight excluding hydrogens is 206 g/mol. The molecule has 0 spiro atoms. The maximum absolute atomic E-state index is 12.0. The van der Waals surface area contributed by atoms with Crippen LogP contribution in [0.3, 0.4) is 0 Å². The highest BCUT2D eigenvalue weighted by molar-refractivity contribution is 5.78. The zero-order valence-corrected chi connectivity index (χ0v) is 9.63. The van der Waals surface area contributed by atoms with E-state index in [-0.39, 0.29) is 11.1 Å². The number of nitrogens with one attached hydrogen (secondary N) is 2.